The van der Waals surface area contributed by atoms with E-state index < -0.39 is 42.9 Å². The summed E-state index contributed by atoms with van der Waals surface area (Å²) in [7, 11) is 1.74. The number of ketones is 1. The number of Topliss-reactive ketones (excluding diaryl/α,β-unsaturated/α-hetero) is 1. The highest BCUT2D eigenvalue weighted by Gasteiger charge is 2.25. The highest BCUT2D eigenvalue weighted by Crippen LogP contribution is 2.09. The quantitative estimate of drug-likeness (QED) is 0.0787. The van der Waals surface area contributed by atoms with Crippen molar-refractivity contribution in [2.45, 2.75) is 85.2 Å². The second kappa shape index (κ2) is 23.3. The Balaban J connectivity index is 4.75. The molecule has 14 heteroatoms. The average Bonchev–Trinajstić information content (AvgIpc) is 2.89. The summed E-state index contributed by atoms with van der Waals surface area (Å²) >= 11 is 0. The van der Waals surface area contributed by atoms with E-state index in [4.69, 9.17) is 14.6 Å². The van der Waals surface area contributed by atoms with Crippen molar-refractivity contribution >= 4 is 35.6 Å². The zero-order valence-corrected chi connectivity index (χ0v) is 27.3. The molecular formula is C30H54N4O10. The van der Waals surface area contributed by atoms with Gasteiger partial charge in [-0.15, -0.1) is 0 Å². The Morgan fingerprint density at radius 3 is 1.50 bits per heavy atom. The van der Waals surface area contributed by atoms with Crippen LogP contribution in [0.1, 0.15) is 73.1 Å². The number of unbranched alkanes of at least 4 members (excludes halogenated alkanes) is 3. The second-order valence-corrected chi connectivity index (χ2v) is 11.9. The van der Waals surface area contributed by atoms with E-state index in [9.17, 15) is 33.9 Å². The smallest absolute Gasteiger partial charge is 0.328 e. The number of carboxylic acids is 2. The van der Waals surface area contributed by atoms with Crippen molar-refractivity contribution in [3.8, 4) is 0 Å². The fourth-order valence-electron chi connectivity index (χ4n) is 4.44. The van der Waals surface area contributed by atoms with Gasteiger partial charge in [-0.05, 0) is 64.3 Å². The number of hydrogen-bond acceptors (Lipinski definition) is 11. The lowest BCUT2D eigenvalue weighted by Crippen LogP contribution is -2.49. The van der Waals surface area contributed by atoms with Gasteiger partial charge in [0.25, 0.3) is 0 Å². The van der Waals surface area contributed by atoms with E-state index in [0.717, 1.165) is 12.8 Å². The largest absolute Gasteiger partial charge is 0.480 e. The van der Waals surface area contributed by atoms with E-state index in [-0.39, 0.29) is 56.5 Å². The van der Waals surface area contributed by atoms with Gasteiger partial charge in [-0.25, -0.2) is 4.79 Å². The number of aliphatic carboxylic acids is 2. The summed E-state index contributed by atoms with van der Waals surface area (Å²) in [5, 5.41) is 24.0. The van der Waals surface area contributed by atoms with E-state index in [1.54, 1.807) is 7.05 Å². The third-order valence-electron chi connectivity index (χ3n) is 6.46. The van der Waals surface area contributed by atoms with Crippen LogP contribution in [0.5, 0.6) is 0 Å². The number of nitrogens with zero attached hydrogens (tertiary/aromatic N) is 2. The number of carbonyl (C=O) groups is 6. The van der Waals surface area contributed by atoms with Crippen molar-refractivity contribution in [3.05, 3.63) is 0 Å². The molecular weight excluding hydrogens is 576 g/mol. The third kappa shape index (κ3) is 21.6. The van der Waals surface area contributed by atoms with Crippen LogP contribution >= 0.6 is 0 Å². The number of amides is 1. The Kier molecular flexibility index (Phi) is 21.7. The summed E-state index contributed by atoms with van der Waals surface area (Å²) in [4.78, 5) is 74.3. The lowest BCUT2D eigenvalue weighted by Gasteiger charge is -2.26. The van der Waals surface area contributed by atoms with Gasteiger partial charge in [-0.1, -0.05) is 27.7 Å². The highest BCUT2D eigenvalue weighted by molar-refractivity contribution is 5.86. The fraction of sp³-hybridized carbons (Fsp3) is 0.800. The number of likely N-dealkylation sites (N-methyl/N-ethyl adjacent to an activating group) is 1. The Morgan fingerprint density at radius 1 is 0.659 bits per heavy atom. The summed E-state index contributed by atoms with van der Waals surface area (Å²) in [6.45, 7) is 8.41. The van der Waals surface area contributed by atoms with E-state index >= 15 is 0 Å². The number of carboxylic acid groups (broad SMARTS) is 2. The monoisotopic (exact) mass is 630 g/mol. The average molecular weight is 631 g/mol. The van der Waals surface area contributed by atoms with Crippen LogP contribution in [-0.2, 0) is 38.2 Å². The summed E-state index contributed by atoms with van der Waals surface area (Å²) in [5.74, 6) is -3.54. The van der Waals surface area contributed by atoms with Crippen molar-refractivity contribution in [1.29, 1.82) is 0 Å². The number of rotatable bonds is 26. The zero-order chi connectivity index (χ0) is 33.7. The maximum absolute atomic E-state index is 12.8. The number of hydrogen-bond donors (Lipinski definition) is 4. The predicted octanol–water partition coefficient (Wildman–Crippen LogP) is 1.16. The first kappa shape index (κ1) is 40.9. The molecule has 0 aromatic heterocycles. The van der Waals surface area contributed by atoms with Gasteiger partial charge in [0, 0.05) is 13.1 Å². The van der Waals surface area contributed by atoms with Crippen LogP contribution in [0.3, 0.4) is 0 Å². The van der Waals surface area contributed by atoms with Crippen LogP contribution in [0.25, 0.3) is 0 Å². The molecule has 0 bridgehead atoms. The van der Waals surface area contributed by atoms with Gasteiger partial charge in [0.1, 0.15) is 17.9 Å². The van der Waals surface area contributed by atoms with E-state index in [0.29, 0.717) is 38.2 Å². The van der Waals surface area contributed by atoms with E-state index in [1.807, 2.05) is 27.7 Å². The highest BCUT2D eigenvalue weighted by atomic mass is 16.5. The molecule has 0 radical (unpaired) electrons. The first-order valence-electron chi connectivity index (χ1n) is 15.3. The molecule has 4 N–H and O–H groups in total. The molecule has 0 spiro atoms. The molecule has 0 aliphatic rings. The minimum absolute atomic E-state index is 0.0206. The van der Waals surface area contributed by atoms with Gasteiger partial charge in [-0.2, -0.15) is 0 Å². The Morgan fingerprint density at radius 2 is 1.09 bits per heavy atom. The van der Waals surface area contributed by atoms with Crippen molar-refractivity contribution in [2.24, 2.45) is 11.8 Å². The number of carbonyl (C=O) groups excluding carboxylic acids is 4. The summed E-state index contributed by atoms with van der Waals surface area (Å²) in [6, 6.07) is -1.23. The van der Waals surface area contributed by atoms with Crippen LogP contribution in [0.2, 0.25) is 0 Å². The van der Waals surface area contributed by atoms with E-state index in [1.165, 1.54) is 16.7 Å². The first-order chi connectivity index (χ1) is 20.6. The van der Waals surface area contributed by atoms with E-state index in [2.05, 4.69) is 10.6 Å². The molecule has 0 rings (SSSR count). The first-order valence-corrected chi connectivity index (χ1v) is 15.3. The van der Waals surface area contributed by atoms with Gasteiger partial charge in [-0.3, -0.25) is 33.8 Å². The van der Waals surface area contributed by atoms with Gasteiger partial charge >= 0.3 is 23.9 Å². The molecule has 44 heavy (non-hydrogen) atoms. The summed E-state index contributed by atoms with van der Waals surface area (Å²) in [6.07, 6.45) is 3.88. The third-order valence-corrected chi connectivity index (χ3v) is 6.46. The Bertz CT molecular complexity index is 896. The van der Waals surface area contributed by atoms with Crippen LogP contribution < -0.4 is 10.6 Å². The number of nitrogens with one attached hydrogen (secondary N) is 2. The molecule has 0 aliphatic carbocycles. The lowest BCUT2D eigenvalue weighted by atomic mass is 10.0. The van der Waals surface area contributed by atoms with Gasteiger partial charge in [0.15, 0.2) is 0 Å². The number of esters is 2. The van der Waals surface area contributed by atoms with Crippen molar-refractivity contribution in [2.75, 3.05) is 59.5 Å². The lowest BCUT2D eigenvalue weighted by molar-refractivity contribution is -0.149. The molecule has 0 aromatic carbocycles. The molecule has 0 aliphatic heterocycles. The molecule has 1 amide bonds. The van der Waals surface area contributed by atoms with Gasteiger partial charge < -0.3 is 30.3 Å². The van der Waals surface area contributed by atoms with Crippen LogP contribution in [-0.4, -0.2) is 127 Å². The SMILES string of the molecule is CNC(CC(C)C)C(=O)OCCCCCCOC(=O)C(CC(C)C)NC(=O)CN(CCN(CC(C)=O)CC(=O)O)CC(=O)O. The zero-order valence-electron chi connectivity index (χ0n) is 27.3. The topological polar surface area (TPSA) is 192 Å². The van der Waals surface area contributed by atoms with Gasteiger partial charge in [0.2, 0.25) is 5.91 Å². The molecule has 2 unspecified atom stereocenters. The van der Waals surface area contributed by atoms with Gasteiger partial charge in [0.05, 0.1) is 39.4 Å². The minimum Gasteiger partial charge on any atom is -0.480 e. The normalized spacial score (nSPS) is 12.8. The minimum atomic E-state index is -1.18. The summed E-state index contributed by atoms with van der Waals surface area (Å²) < 4.78 is 10.8. The Hall–Kier alpha value is -3.10. The molecule has 254 valence electrons. The molecule has 14 nitrogen and oxygen atoms in total. The molecule has 0 saturated carbocycles. The van der Waals surface area contributed by atoms with Crippen molar-refractivity contribution < 1.29 is 48.5 Å². The maximum Gasteiger partial charge on any atom is 0.328 e. The predicted molar refractivity (Wildman–Crippen MR) is 163 cm³/mol. The molecule has 0 saturated heterocycles. The van der Waals surface area contributed by atoms with Crippen molar-refractivity contribution in [3.63, 3.8) is 0 Å². The van der Waals surface area contributed by atoms with Crippen LogP contribution in [0.15, 0.2) is 0 Å². The maximum atomic E-state index is 12.8. The second-order valence-electron chi connectivity index (χ2n) is 11.9. The number of ether oxygens (including phenoxy) is 2. The van der Waals surface area contributed by atoms with Crippen molar-refractivity contribution in [1.82, 2.24) is 20.4 Å². The molecule has 0 aromatic rings. The summed E-state index contributed by atoms with van der Waals surface area (Å²) in [5.41, 5.74) is 0. The van der Waals surface area contributed by atoms with Crippen LogP contribution in [0, 0.1) is 11.8 Å². The molecule has 2 atom stereocenters. The molecule has 0 heterocycles. The molecule has 0 fully saturated rings. The fourth-order valence-corrected chi connectivity index (χ4v) is 4.44. The Labute approximate surface area is 261 Å². The standard InChI is InChI=1S/C30H54N4O10/c1-21(2)15-24(31-6)29(41)43-13-9-7-8-10-14-44-30(42)25(16-22(3)4)32-26(36)18-34(20-28(39)40)12-11-33(17-23(5)35)19-27(37)38/h21-22,24-25,31H,7-20H2,1-6H3,(H,32,36)(H,37,38)(H,39,40). The van der Waals surface area contributed by atoms with Crippen LogP contribution in [0.4, 0.5) is 0 Å².